The van der Waals surface area contributed by atoms with E-state index in [-0.39, 0.29) is 24.5 Å². The van der Waals surface area contributed by atoms with Gasteiger partial charge in [0.2, 0.25) is 0 Å². The van der Waals surface area contributed by atoms with Crippen LogP contribution in [0, 0.1) is 10.1 Å². The first-order chi connectivity index (χ1) is 11.3. The predicted molar refractivity (Wildman–Crippen MR) is 80.3 cm³/mol. The second-order valence-electron chi connectivity index (χ2n) is 4.33. The first kappa shape index (κ1) is 18.9. The van der Waals surface area contributed by atoms with Crippen LogP contribution in [-0.4, -0.2) is 37.2 Å². The minimum absolute atomic E-state index is 0.0263. The van der Waals surface area contributed by atoms with E-state index >= 15 is 0 Å². The van der Waals surface area contributed by atoms with Gasteiger partial charge in [0.05, 0.1) is 25.2 Å². The molecule has 0 aliphatic heterocycles. The molecule has 0 atom stereocenters. The lowest BCUT2D eigenvalue weighted by Crippen LogP contribution is -2.18. The van der Waals surface area contributed by atoms with Gasteiger partial charge in [-0.1, -0.05) is 0 Å². The average molecular weight is 338 g/mol. The highest BCUT2D eigenvalue weighted by Crippen LogP contribution is 2.35. The Bertz CT molecular complexity index is 660. The van der Waals surface area contributed by atoms with Gasteiger partial charge < -0.3 is 19.3 Å². The molecule has 1 rings (SSSR count). The van der Waals surface area contributed by atoms with Gasteiger partial charge in [0, 0.05) is 11.8 Å². The summed E-state index contributed by atoms with van der Waals surface area (Å²) in [4.78, 5) is 33.8. The van der Waals surface area contributed by atoms with E-state index in [0.29, 0.717) is 0 Å². The van der Waals surface area contributed by atoms with Crippen molar-refractivity contribution in [3.8, 4) is 11.5 Å². The van der Waals surface area contributed by atoms with Crippen molar-refractivity contribution in [1.82, 2.24) is 0 Å². The van der Waals surface area contributed by atoms with Gasteiger partial charge in [-0.15, -0.1) is 0 Å². The number of nitrogens with zero attached hydrogens (tertiary/aromatic N) is 1. The maximum Gasteiger partial charge on any atom is 0.345 e. The molecule has 0 amide bonds. The van der Waals surface area contributed by atoms with E-state index in [2.05, 4.69) is 0 Å². The zero-order valence-corrected chi connectivity index (χ0v) is 13.4. The first-order valence-corrected chi connectivity index (χ1v) is 6.95. The molecule has 9 heteroatoms. The van der Waals surface area contributed by atoms with Crippen LogP contribution in [0.5, 0.6) is 11.5 Å². The molecule has 1 aromatic rings. The number of benzene rings is 1. The van der Waals surface area contributed by atoms with E-state index in [1.807, 2.05) is 0 Å². The Kier molecular flexibility index (Phi) is 6.72. The van der Waals surface area contributed by atoms with Crippen molar-refractivity contribution >= 4 is 23.7 Å². The molecule has 0 aromatic heterocycles. The minimum atomic E-state index is -0.941. The summed E-state index contributed by atoms with van der Waals surface area (Å²) in [5.41, 5.74) is -1.14. The highest BCUT2D eigenvalue weighted by atomic mass is 16.6. The third-order valence-corrected chi connectivity index (χ3v) is 2.78. The number of hydrogen-bond donors (Lipinski definition) is 0. The van der Waals surface area contributed by atoms with E-state index in [0.717, 1.165) is 12.1 Å². The fourth-order valence-corrected chi connectivity index (χ4v) is 1.76. The van der Waals surface area contributed by atoms with Gasteiger partial charge in [-0.3, -0.25) is 10.1 Å². The Hall–Kier alpha value is -3.10. The van der Waals surface area contributed by atoms with Crippen molar-refractivity contribution < 1.29 is 33.8 Å². The van der Waals surface area contributed by atoms with Crippen LogP contribution in [0.2, 0.25) is 0 Å². The van der Waals surface area contributed by atoms with Crippen molar-refractivity contribution in [2.24, 2.45) is 0 Å². The van der Waals surface area contributed by atoms with E-state index in [1.165, 1.54) is 13.2 Å². The standard InChI is InChI=1S/C15H17NO8/c1-4-23-14(18)10(15(19)24-5-2)6-9-7-11(16(20)21)13(17)12(8-9)22-3/h6-8,17H,4-5H2,1-3H3/p-1. The van der Waals surface area contributed by atoms with Crippen LogP contribution in [0.4, 0.5) is 5.69 Å². The monoisotopic (exact) mass is 338 g/mol. The van der Waals surface area contributed by atoms with Crippen molar-refractivity contribution in [3.63, 3.8) is 0 Å². The predicted octanol–water partition coefficient (Wildman–Crippen LogP) is 1.19. The van der Waals surface area contributed by atoms with Gasteiger partial charge in [-0.2, -0.15) is 0 Å². The Morgan fingerprint density at radius 3 is 2.12 bits per heavy atom. The number of carbonyl (C=O) groups is 2. The molecular formula is C15H16NO8-. The van der Waals surface area contributed by atoms with Gasteiger partial charge in [0.15, 0.2) is 0 Å². The average Bonchev–Trinajstić information content (AvgIpc) is 2.53. The van der Waals surface area contributed by atoms with E-state index in [1.54, 1.807) is 13.8 Å². The third-order valence-electron chi connectivity index (χ3n) is 2.78. The van der Waals surface area contributed by atoms with Crippen LogP contribution >= 0.6 is 0 Å². The fourth-order valence-electron chi connectivity index (χ4n) is 1.76. The lowest BCUT2D eigenvalue weighted by Gasteiger charge is -2.13. The SMILES string of the molecule is CCOC(=O)C(=Cc1cc(OC)c([O-])c([N+](=O)[O-])c1)C(=O)OCC. The molecule has 0 saturated heterocycles. The summed E-state index contributed by atoms with van der Waals surface area (Å²) in [6.45, 7) is 3.17. The molecule has 1 aromatic carbocycles. The van der Waals surface area contributed by atoms with Crippen LogP contribution in [0.15, 0.2) is 17.7 Å². The Labute approximate surface area is 137 Å². The van der Waals surface area contributed by atoms with E-state index in [9.17, 15) is 24.8 Å². The molecule has 0 N–H and O–H groups in total. The molecule has 0 radical (unpaired) electrons. The number of nitro benzene ring substituents is 1. The third kappa shape index (κ3) is 4.45. The summed E-state index contributed by atoms with van der Waals surface area (Å²) in [5.74, 6) is -3.08. The summed E-state index contributed by atoms with van der Waals surface area (Å²) in [7, 11) is 1.17. The number of hydrogen-bond acceptors (Lipinski definition) is 8. The summed E-state index contributed by atoms with van der Waals surface area (Å²) >= 11 is 0. The highest BCUT2D eigenvalue weighted by molar-refractivity contribution is 6.17. The van der Waals surface area contributed by atoms with Crippen LogP contribution in [0.25, 0.3) is 6.08 Å². The zero-order chi connectivity index (χ0) is 18.3. The highest BCUT2D eigenvalue weighted by Gasteiger charge is 2.22. The van der Waals surface area contributed by atoms with E-state index < -0.39 is 33.9 Å². The molecule has 0 saturated carbocycles. The first-order valence-electron chi connectivity index (χ1n) is 6.95. The van der Waals surface area contributed by atoms with Gasteiger partial charge in [0.25, 0.3) is 5.69 Å². The minimum Gasteiger partial charge on any atom is -0.865 e. The molecule has 0 aliphatic rings. The lowest BCUT2D eigenvalue weighted by atomic mass is 10.1. The molecule has 0 unspecified atom stereocenters. The van der Waals surface area contributed by atoms with Crippen molar-refractivity contribution in [3.05, 3.63) is 33.4 Å². The second-order valence-corrected chi connectivity index (χ2v) is 4.33. The van der Waals surface area contributed by atoms with Gasteiger partial charge in [-0.25, -0.2) is 9.59 Å². The van der Waals surface area contributed by atoms with Crippen molar-refractivity contribution in [2.45, 2.75) is 13.8 Å². The van der Waals surface area contributed by atoms with Crippen LogP contribution in [-0.2, 0) is 19.1 Å². The largest absolute Gasteiger partial charge is 0.865 e. The quantitative estimate of drug-likeness (QED) is 0.181. The Morgan fingerprint density at radius 2 is 1.71 bits per heavy atom. The molecule has 9 nitrogen and oxygen atoms in total. The second kappa shape index (κ2) is 8.51. The number of esters is 2. The molecule has 24 heavy (non-hydrogen) atoms. The molecule has 0 fully saturated rings. The van der Waals surface area contributed by atoms with Crippen LogP contribution in [0.3, 0.4) is 0 Å². The zero-order valence-electron chi connectivity index (χ0n) is 13.4. The molecule has 0 aliphatic carbocycles. The number of methoxy groups -OCH3 is 1. The maximum atomic E-state index is 11.9. The van der Waals surface area contributed by atoms with Crippen LogP contribution < -0.4 is 9.84 Å². The topological polar surface area (TPSA) is 128 Å². The van der Waals surface area contributed by atoms with Crippen molar-refractivity contribution in [1.29, 1.82) is 0 Å². The summed E-state index contributed by atoms with van der Waals surface area (Å²) in [5, 5.41) is 22.7. The molecule has 0 heterocycles. The number of carbonyl (C=O) groups excluding carboxylic acids is 2. The summed E-state index contributed by atoms with van der Waals surface area (Å²) in [6, 6.07) is 2.11. The maximum absolute atomic E-state index is 11.9. The number of ether oxygens (including phenoxy) is 3. The Balaban J connectivity index is 3.45. The smallest absolute Gasteiger partial charge is 0.345 e. The summed E-state index contributed by atoms with van der Waals surface area (Å²) < 4.78 is 14.3. The normalized spacial score (nSPS) is 9.79. The number of rotatable bonds is 7. The lowest BCUT2D eigenvalue weighted by molar-refractivity contribution is -0.398. The molecular weight excluding hydrogens is 322 g/mol. The molecule has 130 valence electrons. The molecule has 0 spiro atoms. The van der Waals surface area contributed by atoms with Crippen LogP contribution in [0.1, 0.15) is 19.4 Å². The Morgan fingerprint density at radius 1 is 1.17 bits per heavy atom. The van der Waals surface area contributed by atoms with Gasteiger partial charge in [0.1, 0.15) is 11.3 Å². The molecule has 0 bridgehead atoms. The fraction of sp³-hybridized carbons (Fsp3) is 0.333. The summed E-state index contributed by atoms with van der Waals surface area (Å²) in [6.07, 6.45) is 1.05. The number of nitro groups is 1. The van der Waals surface area contributed by atoms with Crippen molar-refractivity contribution in [2.75, 3.05) is 20.3 Å². The van der Waals surface area contributed by atoms with E-state index in [4.69, 9.17) is 14.2 Å². The van der Waals surface area contributed by atoms with Gasteiger partial charge >= 0.3 is 11.9 Å². The van der Waals surface area contributed by atoms with Gasteiger partial charge in [-0.05, 0) is 31.6 Å².